The lowest BCUT2D eigenvalue weighted by Gasteiger charge is -2.43. The van der Waals surface area contributed by atoms with Crippen LogP contribution in [0.3, 0.4) is 0 Å². The van der Waals surface area contributed by atoms with Crippen LogP contribution in [0.2, 0.25) is 5.04 Å². The summed E-state index contributed by atoms with van der Waals surface area (Å²) in [5.41, 5.74) is 0. The Balaban J connectivity index is 1.64. The lowest BCUT2D eigenvalue weighted by atomic mass is 10.2. The van der Waals surface area contributed by atoms with E-state index in [0.29, 0.717) is 25.1 Å². The summed E-state index contributed by atoms with van der Waals surface area (Å²) in [5.74, 6) is 1.12. The molecule has 6 heteroatoms. The fourth-order valence-corrected chi connectivity index (χ4v) is 12.8. The van der Waals surface area contributed by atoms with E-state index in [1.807, 2.05) is 11.8 Å². The first-order chi connectivity index (χ1) is 15.2. The van der Waals surface area contributed by atoms with Crippen molar-refractivity contribution >= 4 is 41.6 Å². The predicted octanol–water partition coefficient (Wildman–Crippen LogP) is 5.30. The van der Waals surface area contributed by atoms with Gasteiger partial charge in [-0.15, -0.1) is 0 Å². The molecule has 0 bridgehead atoms. The molecule has 2 atom stereocenters. The van der Waals surface area contributed by atoms with Crippen molar-refractivity contribution in [2.24, 2.45) is 0 Å². The molecule has 1 aliphatic rings. The molecule has 1 aliphatic heterocycles. The molecule has 2 aromatic rings. The van der Waals surface area contributed by atoms with Crippen LogP contribution in [0.5, 0.6) is 0 Å². The van der Waals surface area contributed by atoms with Crippen LogP contribution >= 0.6 is 11.8 Å². The molecule has 176 valence electrons. The topological polar surface area (TPSA) is 38.7 Å². The van der Waals surface area contributed by atoms with E-state index in [-0.39, 0.29) is 9.12 Å². The summed E-state index contributed by atoms with van der Waals surface area (Å²) in [4.78, 5) is 0. The maximum atomic E-state index is 10.7. The van der Waals surface area contributed by atoms with Crippen LogP contribution in [-0.2, 0) is 20.3 Å². The second kappa shape index (κ2) is 11.1. The quantitative estimate of drug-likeness (QED) is 0.293. The number of thioether (sulfide) groups is 1. The molecule has 0 radical (unpaired) electrons. The summed E-state index contributed by atoms with van der Waals surface area (Å²) >= 11 is 1.32. The van der Waals surface area contributed by atoms with E-state index < -0.39 is 19.5 Å². The van der Waals surface area contributed by atoms with Gasteiger partial charge in [0.25, 0.3) is 8.32 Å². The number of hydrogen-bond donors (Lipinski definition) is 1. The van der Waals surface area contributed by atoms with Gasteiger partial charge in [-0.3, -0.25) is 0 Å². The van der Waals surface area contributed by atoms with E-state index in [1.54, 1.807) is 0 Å². The molecule has 1 N–H and O–H groups in total. The molecule has 0 aliphatic carbocycles. The minimum absolute atomic E-state index is 0.0215. The van der Waals surface area contributed by atoms with Crippen molar-refractivity contribution in [2.45, 2.75) is 61.8 Å². The second-order valence-electron chi connectivity index (χ2n) is 9.89. The first-order valence-corrected chi connectivity index (χ1v) is 15.7. The first kappa shape index (κ1) is 25.9. The largest absolute Gasteiger partial charge is 0.405 e. The average molecular weight is 492 g/mol. The normalized spacial score (nSPS) is 21.4. The van der Waals surface area contributed by atoms with Crippen LogP contribution in [0, 0.1) is 0 Å². The molecular weight excluding hydrogens is 453 g/mol. The van der Waals surface area contributed by atoms with Gasteiger partial charge in [0.2, 0.25) is 0 Å². The molecule has 0 aromatic heterocycles. The van der Waals surface area contributed by atoms with Crippen molar-refractivity contribution in [3.8, 4) is 0 Å². The van der Waals surface area contributed by atoms with Crippen molar-refractivity contribution in [3.05, 3.63) is 60.7 Å². The van der Waals surface area contributed by atoms with Gasteiger partial charge in [-0.25, -0.2) is 0 Å². The van der Waals surface area contributed by atoms with Gasteiger partial charge in [0.15, 0.2) is 20.5 Å². The molecule has 0 saturated carbocycles. The van der Waals surface area contributed by atoms with Crippen molar-refractivity contribution in [2.75, 3.05) is 25.6 Å². The lowest BCUT2D eigenvalue weighted by molar-refractivity contribution is 0.0945. The first-order valence-electron chi connectivity index (χ1n) is 11.6. The van der Waals surface area contributed by atoms with Gasteiger partial charge in [-0.05, 0) is 29.3 Å². The minimum atomic E-state index is -2.49. The molecule has 3 nitrogen and oxygen atoms in total. The van der Waals surface area contributed by atoms with Crippen molar-refractivity contribution in [1.29, 1.82) is 0 Å². The summed E-state index contributed by atoms with van der Waals surface area (Å²) in [5, 5.41) is 2.92. The van der Waals surface area contributed by atoms with Crippen molar-refractivity contribution < 1.29 is 13.7 Å². The smallest absolute Gasteiger partial charge is 0.261 e. The third-order valence-electron chi connectivity index (χ3n) is 6.26. The fraction of sp³-hybridized carbons (Fsp3) is 0.538. The molecule has 1 heterocycles. The fourth-order valence-electron chi connectivity index (χ4n) is 4.60. The third-order valence-corrected chi connectivity index (χ3v) is 15.4. The Bertz CT molecular complexity index is 784. The highest BCUT2D eigenvalue weighted by atomic mass is 32.3. The summed E-state index contributed by atoms with van der Waals surface area (Å²) in [6.07, 6.45) is 2.00. The highest BCUT2D eigenvalue weighted by Crippen LogP contribution is 2.41. The highest BCUT2D eigenvalue weighted by molar-refractivity contribution is 8.15. The summed E-state index contributed by atoms with van der Waals surface area (Å²) in [6.45, 7) is 13.0. The van der Waals surface area contributed by atoms with E-state index in [4.69, 9.17) is 9.16 Å². The third kappa shape index (κ3) is 5.83. The van der Waals surface area contributed by atoms with Crippen LogP contribution in [0.25, 0.3) is 0 Å². The number of ether oxygens (including phenoxy) is 1. The van der Waals surface area contributed by atoms with Gasteiger partial charge >= 0.3 is 0 Å². The zero-order valence-corrected chi connectivity index (χ0v) is 22.8. The van der Waals surface area contributed by atoms with E-state index in [0.717, 1.165) is 18.6 Å². The van der Waals surface area contributed by atoms with Gasteiger partial charge in [-0.2, -0.15) is 4.55 Å². The van der Waals surface area contributed by atoms with E-state index >= 15 is 0 Å². The van der Waals surface area contributed by atoms with Crippen LogP contribution in [-0.4, -0.2) is 47.8 Å². The van der Waals surface area contributed by atoms with Gasteiger partial charge in [-0.1, -0.05) is 93.2 Å². The summed E-state index contributed by atoms with van der Waals surface area (Å²) in [6, 6.07) is 21.5. The Morgan fingerprint density at radius 1 is 0.969 bits per heavy atom. The average Bonchev–Trinajstić information content (AvgIpc) is 2.76. The lowest BCUT2D eigenvalue weighted by Crippen LogP contribution is -2.66. The monoisotopic (exact) mass is 491 g/mol. The zero-order valence-electron chi connectivity index (χ0n) is 20.2. The van der Waals surface area contributed by atoms with Gasteiger partial charge in [0, 0.05) is 18.6 Å². The molecule has 2 aromatic carbocycles. The molecule has 3 rings (SSSR count). The van der Waals surface area contributed by atoms with Gasteiger partial charge < -0.3 is 9.16 Å². The van der Waals surface area contributed by atoms with Crippen molar-refractivity contribution in [3.63, 3.8) is 0 Å². The maximum absolute atomic E-state index is 10.7. The van der Waals surface area contributed by atoms with Crippen molar-refractivity contribution in [1.82, 2.24) is 0 Å². The number of rotatable bonds is 9. The zero-order chi connectivity index (χ0) is 23.2. The number of benzene rings is 2. The molecule has 32 heavy (non-hydrogen) atoms. The van der Waals surface area contributed by atoms with Crippen LogP contribution in [0.4, 0.5) is 0 Å². The predicted molar refractivity (Wildman–Crippen MR) is 144 cm³/mol. The molecular formula is C26H39O3S2Si+. The van der Waals surface area contributed by atoms with Gasteiger partial charge in [0.05, 0.1) is 19.8 Å². The molecule has 1 fully saturated rings. The second-order valence-corrected chi connectivity index (χ2v) is 18.5. The van der Waals surface area contributed by atoms with Crippen LogP contribution < -0.4 is 10.4 Å². The Hall–Kier alpha value is -0.763. The number of hydrogen-bond acceptors (Lipinski definition) is 4. The van der Waals surface area contributed by atoms with E-state index in [2.05, 4.69) is 95.3 Å². The molecule has 0 spiro atoms. The Morgan fingerprint density at radius 2 is 1.53 bits per heavy atom. The van der Waals surface area contributed by atoms with Crippen LogP contribution in [0.15, 0.2) is 60.7 Å². The summed E-state index contributed by atoms with van der Waals surface area (Å²) in [7, 11) is -2.49. The Morgan fingerprint density at radius 3 is 2.06 bits per heavy atom. The summed E-state index contributed by atoms with van der Waals surface area (Å²) < 4.78 is 23.5. The molecule has 0 amide bonds. The van der Waals surface area contributed by atoms with Gasteiger partial charge in [0.1, 0.15) is 0 Å². The Kier molecular flexibility index (Phi) is 8.97. The molecule has 1 saturated heterocycles. The Labute approximate surface area is 203 Å². The standard InChI is InChI=1S/C26H39O3S2Si/c1-25(2,3)32(23-12-8-6-9-13-23,24-14-10-7-11-15-24)29-20-19-28-18-16-22-17-21-30-26(4,5)31(22)27/h6-15,22,27H,16-21H2,1-5H3/q+1. The van der Waals surface area contributed by atoms with E-state index in [1.165, 1.54) is 10.4 Å². The SMILES string of the molecule is CC1(C)SCCC(CCOCCO[Si](c2ccccc2)(c2ccccc2)C(C)(C)C)[S+]1O. The van der Waals surface area contributed by atoms with Crippen LogP contribution in [0.1, 0.15) is 47.5 Å². The van der Waals surface area contributed by atoms with E-state index in [9.17, 15) is 4.55 Å². The maximum Gasteiger partial charge on any atom is 0.261 e. The molecule has 2 unspecified atom stereocenters. The highest BCUT2D eigenvalue weighted by Gasteiger charge is 2.50. The minimum Gasteiger partial charge on any atom is -0.405 e.